The van der Waals surface area contributed by atoms with Crippen LogP contribution in [0.3, 0.4) is 0 Å². The highest BCUT2D eigenvalue weighted by atomic mass is 16.4. The van der Waals surface area contributed by atoms with E-state index in [-0.39, 0.29) is 24.5 Å². The number of aliphatic carboxylic acids is 1. The van der Waals surface area contributed by atoms with Gasteiger partial charge in [0.15, 0.2) is 0 Å². The summed E-state index contributed by atoms with van der Waals surface area (Å²) in [4.78, 5) is 43.8. The second-order valence-corrected chi connectivity index (χ2v) is 3.63. The fourth-order valence-corrected chi connectivity index (χ4v) is 1.28. The quantitative estimate of drug-likeness (QED) is 0.436. The van der Waals surface area contributed by atoms with Gasteiger partial charge in [0.2, 0.25) is 11.8 Å². The van der Waals surface area contributed by atoms with Gasteiger partial charge in [-0.05, 0) is 0 Å². The minimum absolute atomic E-state index is 0.00493. The van der Waals surface area contributed by atoms with E-state index in [0.29, 0.717) is 0 Å². The summed E-state index contributed by atoms with van der Waals surface area (Å²) in [6.07, 6.45) is -0.304. The molecule has 1 aliphatic rings. The number of nitrogens with two attached hydrogens (primary N) is 1. The normalized spacial score (nSPS) is 16.2. The Kier molecular flexibility index (Phi) is 4.35. The van der Waals surface area contributed by atoms with E-state index >= 15 is 0 Å². The van der Waals surface area contributed by atoms with E-state index < -0.39 is 30.2 Å². The molecule has 9 nitrogen and oxygen atoms in total. The molecule has 5 N–H and O–H groups in total. The number of amides is 3. The highest BCUT2D eigenvalue weighted by Crippen LogP contribution is 2.01. The zero-order valence-electron chi connectivity index (χ0n) is 9.30. The Labute approximate surface area is 101 Å². The highest BCUT2D eigenvalue weighted by Gasteiger charge is 2.25. The van der Waals surface area contributed by atoms with Crippen LogP contribution < -0.4 is 16.5 Å². The van der Waals surface area contributed by atoms with Crippen molar-refractivity contribution < 1.29 is 24.3 Å². The first-order chi connectivity index (χ1) is 8.40. The number of carboxylic acids is 1. The average Bonchev–Trinajstić information content (AvgIpc) is 2.28. The fraction of sp³-hybridized carbons (Fsp3) is 0.444. The van der Waals surface area contributed by atoms with Crippen molar-refractivity contribution in [3.63, 3.8) is 0 Å². The number of hydrazone groups is 1. The zero-order valence-corrected chi connectivity index (χ0v) is 9.30. The molecule has 0 spiro atoms. The minimum Gasteiger partial charge on any atom is -0.480 e. The number of primary amides is 1. The first-order valence-corrected chi connectivity index (χ1v) is 5.07. The maximum absolute atomic E-state index is 11.6. The number of nitrogens with zero attached hydrogens (tertiary/aromatic N) is 1. The molecular formula is C9H12N4O5. The van der Waals surface area contributed by atoms with Crippen molar-refractivity contribution >= 4 is 29.4 Å². The largest absolute Gasteiger partial charge is 0.480 e. The van der Waals surface area contributed by atoms with Gasteiger partial charge in [0.05, 0.1) is 6.42 Å². The van der Waals surface area contributed by atoms with Crippen LogP contribution in [0.2, 0.25) is 0 Å². The third kappa shape index (κ3) is 3.85. The lowest BCUT2D eigenvalue weighted by atomic mass is 10.1. The number of hydrogen-bond donors (Lipinski definition) is 4. The van der Waals surface area contributed by atoms with Crippen molar-refractivity contribution in [2.24, 2.45) is 10.8 Å². The summed E-state index contributed by atoms with van der Waals surface area (Å²) in [5, 5.41) is 14.4. The molecule has 0 aromatic heterocycles. The van der Waals surface area contributed by atoms with E-state index in [4.69, 9.17) is 10.8 Å². The number of nitrogens with one attached hydrogen (secondary N) is 2. The molecule has 1 atom stereocenters. The maximum Gasteiger partial charge on any atom is 0.326 e. The summed E-state index contributed by atoms with van der Waals surface area (Å²) in [5.41, 5.74) is 6.97. The lowest BCUT2D eigenvalue weighted by Crippen LogP contribution is -2.47. The number of carbonyl (C=O) groups is 4. The number of carbonyl (C=O) groups excluding carboxylic acids is 3. The van der Waals surface area contributed by atoms with Crippen molar-refractivity contribution in [3.05, 3.63) is 0 Å². The standard InChI is InChI=1S/C9H12N4O5/c10-6(14)3-5(9(17)18)11-8(16)4-1-2-7(15)13-12-4/h5H,1-3H2,(H2,10,14)(H,11,16)(H,13,15)(H,17,18)/t5-/m0/s1. The van der Waals surface area contributed by atoms with E-state index in [1.165, 1.54) is 0 Å². The van der Waals surface area contributed by atoms with Crippen LogP contribution in [0.4, 0.5) is 0 Å². The topological polar surface area (TPSA) is 151 Å². The van der Waals surface area contributed by atoms with Gasteiger partial charge in [-0.25, -0.2) is 10.2 Å². The molecule has 0 fully saturated rings. The maximum atomic E-state index is 11.6. The molecule has 0 unspecified atom stereocenters. The predicted octanol–water partition coefficient (Wildman–Crippen LogP) is -2.30. The van der Waals surface area contributed by atoms with Crippen LogP contribution in [0.15, 0.2) is 5.10 Å². The third-order valence-corrected chi connectivity index (χ3v) is 2.18. The molecule has 0 radical (unpaired) electrons. The molecule has 3 amide bonds. The Morgan fingerprint density at radius 1 is 1.44 bits per heavy atom. The van der Waals surface area contributed by atoms with Gasteiger partial charge >= 0.3 is 5.97 Å². The van der Waals surface area contributed by atoms with Gasteiger partial charge in [0, 0.05) is 12.8 Å². The Bertz CT molecular complexity index is 431. The minimum atomic E-state index is -1.41. The molecular weight excluding hydrogens is 244 g/mol. The predicted molar refractivity (Wildman–Crippen MR) is 58.2 cm³/mol. The summed E-state index contributed by atoms with van der Waals surface area (Å²) >= 11 is 0. The van der Waals surface area contributed by atoms with Gasteiger partial charge in [0.25, 0.3) is 5.91 Å². The molecule has 1 heterocycles. The molecule has 98 valence electrons. The highest BCUT2D eigenvalue weighted by molar-refractivity contribution is 6.39. The molecule has 0 saturated carbocycles. The van der Waals surface area contributed by atoms with Crippen LogP contribution in [0.25, 0.3) is 0 Å². The van der Waals surface area contributed by atoms with Gasteiger partial charge in [0.1, 0.15) is 11.8 Å². The first-order valence-electron chi connectivity index (χ1n) is 5.07. The summed E-state index contributed by atoms with van der Waals surface area (Å²) in [7, 11) is 0. The molecule has 9 heteroatoms. The average molecular weight is 256 g/mol. The molecule has 1 aliphatic heterocycles. The summed E-state index contributed by atoms with van der Waals surface area (Å²) in [6, 6.07) is -1.41. The SMILES string of the molecule is NC(=O)C[C@H](NC(=O)C1=NNC(=O)CC1)C(=O)O. The van der Waals surface area contributed by atoms with Crippen molar-refractivity contribution in [1.82, 2.24) is 10.7 Å². The van der Waals surface area contributed by atoms with Gasteiger partial charge in [-0.1, -0.05) is 0 Å². The lowest BCUT2D eigenvalue weighted by Gasteiger charge is -2.15. The van der Waals surface area contributed by atoms with Gasteiger partial charge in [-0.2, -0.15) is 5.10 Å². The van der Waals surface area contributed by atoms with Crippen LogP contribution in [0, 0.1) is 0 Å². The van der Waals surface area contributed by atoms with E-state index in [1.807, 2.05) is 0 Å². The Hall–Kier alpha value is -2.45. The van der Waals surface area contributed by atoms with Gasteiger partial charge in [-0.15, -0.1) is 0 Å². The van der Waals surface area contributed by atoms with Gasteiger partial charge in [-0.3, -0.25) is 14.4 Å². The number of rotatable bonds is 5. The van der Waals surface area contributed by atoms with Crippen LogP contribution in [0.1, 0.15) is 19.3 Å². The van der Waals surface area contributed by atoms with E-state index in [9.17, 15) is 19.2 Å². The Morgan fingerprint density at radius 2 is 2.11 bits per heavy atom. The van der Waals surface area contributed by atoms with E-state index in [0.717, 1.165) is 0 Å². The van der Waals surface area contributed by atoms with Crippen LogP contribution in [0.5, 0.6) is 0 Å². The summed E-state index contributed by atoms with van der Waals surface area (Å²) < 4.78 is 0. The summed E-state index contributed by atoms with van der Waals surface area (Å²) in [5.74, 6) is -3.29. The summed E-state index contributed by atoms with van der Waals surface area (Å²) in [6.45, 7) is 0. The number of carboxylic acid groups (broad SMARTS) is 1. The van der Waals surface area contributed by atoms with Crippen LogP contribution in [-0.2, 0) is 19.2 Å². The van der Waals surface area contributed by atoms with Crippen LogP contribution in [-0.4, -0.2) is 40.6 Å². The van der Waals surface area contributed by atoms with Crippen molar-refractivity contribution in [2.45, 2.75) is 25.3 Å². The lowest BCUT2D eigenvalue weighted by molar-refractivity contribution is -0.142. The molecule has 18 heavy (non-hydrogen) atoms. The number of hydrogen-bond acceptors (Lipinski definition) is 5. The van der Waals surface area contributed by atoms with Crippen molar-refractivity contribution in [1.29, 1.82) is 0 Å². The first kappa shape index (κ1) is 13.6. The molecule has 0 aliphatic carbocycles. The van der Waals surface area contributed by atoms with Crippen molar-refractivity contribution in [3.8, 4) is 0 Å². The monoisotopic (exact) mass is 256 g/mol. The Balaban J connectivity index is 2.64. The Morgan fingerprint density at radius 3 is 2.56 bits per heavy atom. The molecule has 0 saturated heterocycles. The third-order valence-electron chi connectivity index (χ3n) is 2.18. The smallest absolute Gasteiger partial charge is 0.326 e. The van der Waals surface area contributed by atoms with Crippen LogP contribution >= 0.6 is 0 Å². The van der Waals surface area contributed by atoms with Gasteiger partial charge < -0.3 is 16.2 Å². The van der Waals surface area contributed by atoms with Crippen molar-refractivity contribution in [2.75, 3.05) is 0 Å². The second kappa shape index (κ2) is 5.75. The van der Waals surface area contributed by atoms with E-state index in [1.54, 1.807) is 0 Å². The van der Waals surface area contributed by atoms with E-state index in [2.05, 4.69) is 15.8 Å². The molecule has 0 aromatic carbocycles. The second-order valence-electron chi connectivity index (χ2n) is 3.63. The molecule has 0 bridgehead atoms. The fourth-order valence-electron chi connectivity index (χ4n) is 1.28. The zero-order chi connectivity index (χ0) is 13.7. The molecule has 1 rings (SSSR count). The molecule has 0 aromatic rings.